The highest BCUT2D eigenvalue weighted by atomic mass is 79.9. The molecule has 0 bridgehead atoms. The Bertz CT molecular complexity index is 1110. The predicted octanol–water partition coefficient (Wildman–Crippen LogP) is 6.19. The zero-order chi connectivity index (χ0) is 18.3. The van der Waals surface area contributed by atoms with Gasteiger partial charge in [0.2, 0.25) is 0 Å². The van der Waals surface area contributed by atoms with Crippen molar-refractivity contribution in [2.45, 2.75) is 13.8 Å². The molecular formula is C20H16BrN3OS. The van der Waals surface area contributed by atoms with Gasteiger partial charge in [-0.05, 0) is 49.2 Å². The molecule has 4 aromatic rings. The summed E-state index contributed by atoms with van der Waals surface area (Å²) in [5, 5.41) is 14.4. The fraction of sp³-hybridized carbons (Fsp3) is 0.100. The second kappa shape index (κ2) is 6.70. The van der Waals surface area contributed by atoms with Crippen molar-refractivity contribution in [1.82, 2.24) is 9.97 Å². The van der Waals surface area contributed by atoms with E-state index in [0.29, 0.717) is 11.5 Å². The van der Waals surface area contributed by atoms with Crippen LogP contribution in [0.1, 0.15) is 10.4 Å². The summed E-state index contributed by atoms with van der Waals surface area (Å²) in [6, 6.07) is 13.7. The molecule has 0 fully saturated rings. The molecule has 0 radical (unpaired) electrons. The third-order valence-electron chi connectivity index (χ3n) is 4.20. The summed E-state index contributed by atoms with van der Waals surface area (Å²) in [6.45, 7) is 4.08. The van der Waals surface area contributed by atoms with Crippen molar-refractivity contribution in [2.24, 2.45) is 0 Å². The smallest absolute Gasteiger partial charge is 0.143 e. The normalized spacial score (nSPS) is 11.0. The van der Waals surface area contributed by atoms with E-state index in [0.717, 1.165) is 31.4 Å². The number of anilines is 2. The summed E-state index contributed by atoms with van der Waals surface area (Å²) in [7, 11) is 0. The summed E-state index contributed by atoms with van der Waals surface area (Å²) in [5.41, 5.74) is 3.93. The number of aromatic nitrogens is 2. The number of halogens is 1. The molecule has 0 saturated heterocycles. The number of rotatable bonds is 3. The lowest BCUT2D eigenvalue weighted by Crippen LogP contribution is -1.96. The van der Waals surface area contributed by atoms with Gasteiger partial charge in [0.25, 0.3) is 0 Å². The first-order valence-electron chi connectivity index (χ1n) is 8.09. The molecule has 0 unspecified atom stereocenters. The van der Waals surface area contributed by atoms with Crippen LogP contribution >= 0.6 is 27.3 Å². The SMILES string of the molecule is Cc1ccc(O)c(Nc2ncnc3sc(C)c(-c4ccc(Br)cc4)c23)c1. The molecule has 2 aromatic heterocycles. The van der Waals surface area contributed by atoms with E-state index < -0.39 is 0 Å². The fourth-order valence-corrected chi connectivity index (χ4v) is 4.26. The number of hydrogen-bond donors (Lipinski definition) is 2. The van der Waals surface area contributed by atoms with Crippen molar-refractivity contribution in [2.75, 3.05) is 5.32 Å². The van der Waals surface area contributed by atoms with E-state index in [1.165, 1.54) is 4.88 Å². The summed E-state index contributed by atoms with van der Waals surface area (Å²) >= 11 is 5.13. The number of phenols is 1. The van der Waals surface area contributed by atoms with Gasteiger partial charge in [0, 0.05) is 14.9 Å². The molecule has 0 spiro atoms. The Morgan fingerprint density at radius 2 is 1.81 bits per heavy atom. The Hall–Kier alpha value is -2.44. The number of hydrogen-bond acceptors (Lipinski definition) is 5. The van der Waals surface area contributed by atoms with E-state index in [4.69, 9.17) is 0 Å². The van der Waals surface area contributed by atoms with Crippen LogP contribution in [0.5, 0.6) is 5.75 Å². The van der Waals surface area contributed by atoms with Gasteiger partial charge in [-0.15, -0.1) is 11.3 Å². The van der Waals surface area contributed by atoms with Crippen molar-refractivity contribution in [1.29, 1.82) is 0 Å². The van der Waals surface area contributed by atoms with Gasteiger partial charge in [-0.1, -0.05) is 34.1 Å². The number of thiophene rings is 1. The predicted molar refractivity (Wildman–Crippen MR) is 111 cm³/mol. The highest BCUT2D eigenvalue weighted by Crippen LogP contribution is 2.41. The van der Waals surface area contributed by atoms with E-state index in [1.807, 2.05) is 31.2 Å². The van der Waals surface area contributed by atoms with Crippen molar-refractivity contribution >= 4 is 49.0 Å². The number of nitrogens with zero attached hydrogens (tertiary/aromatic N) is 2. The molecule has 2 N–H and O–H groups in total. The van der Waals surface area contributed by atoms with Gasteiger partial charge in [0.05, 0.1) is 11.1 Å². The number of aryl methyl sites for hydroxylation is 2. The van der Waals surface area contributed by atoms with Gasteiger partial charge in [0.15, 0.2) is 0 Å². The topological polar surface area (TPSA) is 58.0 Å². The molecule has 2 aromatic carbocycles. The van der Waals surface area contributed by atoms with E-state index in [2.05, 4.69) is 50.3 Å². The maximum Gasteiger partial charge on any atom is 0.143 e. The number of fused-ring (bicyclic) bond motifs is 1. The lowest BCUT2D eigenvalue weighted by atomic mass is 10.0. The van der Waals surface area contributed by atoms with Crippen LogP contribution < -0.4 is 5.32 Å². The van der Waals surface area contributed by atoms with Gasteiger partial charge < -0.3 is 10.4 Å². The molecule has 4 nitrogen and oxygen atoms in total. The zero-order valence-corrected chi connectivity index (χ0v) is 16.6. The zero-order valence-electron chi connectivity index (χ0n) is 14.2. The van der Waals surface area contributed by atoms with E-state index in [9.17, 15) is 5.11 Å². The van der Waals surface area contributed by atoms with Crippen LogP contribution in [0.25, 0.3) is 21.3 Å². The molecule has 6 heteroatoms. The Balaban J connectivity index is 1.90. The maximum absolute atomic E-state index is 10.2. The van der Waals surface area contributed by atoms with Gasteiger partial charge in [-0.3, -0.25) is 0 Å². The first kappa shape index (κ1) is 17.0. The molecule has 0 aliphatic carbocycles. The van der Waals surface area contributed by atoms with Crippen molar-refractivity contribution < 1.29 is 5.11 Å². The molecule has 26 heavy (non-hydrogen) atoms. The Morgan fingerprint density at radius 1 is 1.04 bits per heavy atom. The Kier molecular flexibility index (Phi) is 4.38. The van der Waals surface area contributed by atoms with E-state index >= 15 is 0 Å². The third kappa shape index (κ3) is 3.06. The summed E-state index contributed by atoms with van der Waals surface area (Å²) in [6.07, 6.45) is 1.55. The van der Waals surface area contributed by atoms with Crippen LogP contribution in [0.3, 0.4) is 0 Å². The average Bonchev–Trinajstić information content (AvgIpc) is 2.96. The monoisotopic (exact) mass is 425 g/mol. The summed E-state index contributed by atoms with van der Waals surface area (Å²) in [4.78, 5) is 11.0. The highest BCUT2D eigenvalue weighted by Gasteiger charge is 2.17. The molecule has 0 atom stereocenters. The van der Waals surface area contributed by atoms with Crippen LogP contribution in [0, 0.1) is 13.8 Å². The van der Waals surface area contributed by atoms with E-state index in [-0.39, 0.29) is 5.75 Å². The largest absolute Gasteiger partial charge is 0.506 e. The van der Waals surface area contributed by atoms with Crippen LogP contribution in [-0.4, -0.2) is 15.1 Å². The summed E-state index contributed by atoms with van der Waals surface area (Å²) < 4.78 is 1.04. The number of nitrogens with one attached hydrogen (secondary N) is 1. The minimum absolute atomic E-state index is 0.194. The van der Waals surface area contributed by atoms with Gasteiger partial charge in [-0.25, -0.2) is 9.97 Å². The van der Waals surface area contributed by atoms with Crippen LogP contribution in [0.4, 0.5) is 11.5 Å². The van der Waals surface area contributed by atoms with Crippen molar-refractivity contribution in [3.8, 4) is 16.9 Å². The van der Waals surface area contributed by atoms with Crippen LogP contribution in [-0.2, 0) is 0 Å². The molecule has 0 aliphatic rings. The first-order valence-corrected chi connectivity index (χ1v) is 9.70. The fourth-order valence-electron chi connectivity index (χ4n) is 2.98. The number of aromatic hydroxyl groups is 1. The standard InChI is InChI=1S/C20H16BrN3OS/c1-11-3-8-16(25)15(9-11)24-19-18-17(13-4-6-14(21)7-5-13)12(2)26-20(18)23-10-22-19/h3-10,25H,1-2H3,(H,22,23,24). The Morgan fingerprint density at radius 3 is 2.58 bits per heavy atom. The average molecular weight is 426 g/mol. The van der Waals surface area contributed by atoms with E-state index in [1.54, 1.807) is 23.7 Å². The van der Waals surface area contributed by atoms with Gasteiger partial charge >= 0.3 is 0 Å². The molecule has 0 saturated carbocycles. The quantitative estimate of drug-likeness (QED) is 0.384. The second-order valence-electron chi connectivity index (χ2n) is 6.09. The lowest BCUT2D eigenvalue weighted by molar-refractivity contribution is 0.477. The third-order valence-corrected chi connectivity index (χ3v) is 5.74. The number of benzene rings is 2. The summed E-state index contributed by atoms with van der Waals surface area (Å²) in [5.74, 6) is 0.887. The van der Waals surface area contributed by atoms with Gasteiger partial charge in [0.1, 0.15) is 22.7 Å². The first-order chi connectivity index (χ1) is 12.5. The van der Waals surface area contributed by atoms with Gasteiger partial charge in [-0.2, -0.15) is 0 Å². The Labute approximate surface area is 163 Å². The minimum atomic E-state index is 0.194. The molecule has 0 amide bonds. The maximum atomic E-state index is 10.2. The van der Waals surface area contributed by atoms with Crippen molar-refractivity contribution in [3.63, 3.8) is 0 Å². The lowest BCUT2D eigenvalue weighted by Gasteiger charge is -2.11. The molecular weight excluding hydrogens is 410 g/mol. The second-order valence-corrected chi connectivity index (χ2v) is 8.21. The van der Waals surface area contributed by atoms with Crippen molar-refractivity contribution in [3.05, 3.63) is 63.7 Å². The molecule has 4 rings (SSSR count). The minimum Gasteiger partial charge on any atom is -0.506 e. The molecule has 0 aliphatic heterocycles. The highest BCUT2D eigenvalue weighted by molar-refractivity contribution is 9.10. The molecule has 130 valence electrons. The molecule has 2 heterocycles. The van der Waals surface area contributed by atoms with Crippen LogP contribution in [0.2, 0.25) is 0 Å². The number of phenolic OH excluding ortho intramolecular Hbond substituents is 1. The van der Waals surface area contributed by atoms with Crippen LogP contribution in [0.15, 0.2) is 53.3 Å².